The van der Waals surface area contributed by atoms with Gasteiger partial charge in [-0.2, -0.15) is 0 Å². The highest BCUT2D eigenvalue weighted by Gasteiger charge is 2.40. The number of carbonyl (C=O) groups is 1. The molecule has 4 rings (SSSR count). The summed E-state index contributed by atoms with van der Waals surface area (Å²) in [6.45, 7) is 4.78. The van der Waals surface area contributed by atoms with Crippen LogP contribution in [0.15, 0.2) is 48.9 Å². The first kappa shape index (κ1) is 22.8. The monoisotopic (exact) mass is 490 g/mol. The van der Waals surface area contributed by atoms with Gasteiger partial charge in [0.1, 0.15) is 11.9 Å². The second-order valence-corrected chi connectivity index (χ2v) is 9.06. The highest BCUT2D eigenvalue weighted by molar-refractivity contribution is 6.42. The number of hydrogen-bond acceptors (Lipinski definition) is 5. The first-order valence-corrected chi connectivity index (χ1v) is 11.3. The maximum Gasteiger partial charge on any atom is 0.257 e. The summed E-state index contributed by atoms with van der Waals surface area (Å²) in [5.41, 5.74) is 1.46. The number of ether oxygens (including phenoxy) is 1. The fourth-order valence-electron chi connectivity index (χ4n) is 3.96. The average Bonchev–Trinajstić information content (AvgIpc) is 3.23. The number of hydrogen-bond donors (Lipinski definition) is 0. The van der Waals surface area contributed by atoms with Gasteiger partial charge < -0.3 is 9.64 Å². The lowest BCUT2D eigenvalue weighted by atomic mass is 9.86. The van der Waals surface area contributed by atoms with E-state index in [2.05, 4.69) is 15.0 Å². The zero-order chi connectivity index (χ0) is 22.8. The Morgan fingerprint density at radius 1 is 1.03 bits per heavy atom. The van der Waals surface area contributed by atoms with E-state index in [9.17, 15) is 4.79 Å². The normalized spacial score (nSPS) is 19.1. The van der Waals surface area contributed by atoms with Crippen molar-refractivity contribution in [2.45, 2.75) is 25.9 Å². The summed E-state index contributed by atoms with van der Waals surface area (Å²) < 4.78 is 6.12. The lowest BCUT2D eigenvalue weighted by Crippen LogP contribution is -2.32. The van der Waals surface area contributed by atoms with Gasteiger partial charge in [-0.15, -0.1) is 0 Å². The van der Waals surface area contributed by atoms with Crippen molar-refractivity contribution in [2.75, 3.05) is 13.1 Å². The minimum atomic E-state index is -0.227. The molecule has 0 radical (unpaired) electrons. The summed E-state index contributed by atoms with van der Waals surface area (Å²) in [6.07, 6.45) is 4.44. The summed E-state index contributed by atoms with van der Waals surface area (Å²) in [5.74, 6) is 0.982. The van der Waals surface area contributed by atoms with Crippen LogP contribution in [0.4, 0.5) is 0 Å². The van der Waals surface area contributed by atoms with E-state index in [1.54, 1.807) is 48.6 Å². The number of aryl methyl sites for hydroxylation is 1. The van der Waals surface area contributed by atoms with Crippen LogP contribution in [0.2, 0.25) is 15.1 Å². The van der Waals surface area contributed by atoms with Crippen LogP contribution >= 0.6 is 34.8 Å². The van der Waals surface area contributed by atoms with Gasteiger partial charge in [-0.3, -0.25) is 4.79 Å². The van der Waals surface area contributed by atoms with E-state index in [0.717, 1.165) is 5.56 Å². The third-order valence-electron chi connectivity index (χ3n) is 5.66. The molecule has 1 aromatic carbocycles. The third kappa shape index (κ3) is 4.98. The summed E-state index contributed by atoms with van der Waals surface area (Å²) in [5, 5.41) is 1.51. The Labute approximate surface area is 201 Å². The molecule has 0 saturated carbocycles. The molecule has 32 heavy (non-hydrogen) atoms. The van der Waals surface area contributed by atoms with Gasteiger partial charge in [0.25, 0.3) is 5.91 Å². The fourth-order valence-corrected chi connectivity index (χ4v) is 4.38. The smallest absolute Gasteiger partial charge is 0.257 e. The summed E-state index contributed by atoms with van der Waals surface area (Å²) >= 11 is 18.3. The van der Waals surface area contributed by atoms with Crippen molar-refractivity contribution < 1.29 is 9.53 Å². The summed E-state index contributed by atoms with van der Waals surface area (Å²) in [7, 11) is 0. The number of rotatable bonds is 5. The number of pyridine rings is 1. The molecule has 166 valence electrons. The Morgan fingerprint density at radius 2 is 1.78 bits per heavy atom. The Morgan fingerprint density at radius 3 is 2.44 bits per heavy atom. The molecule has 3 atom stereocenters. The van der Waals surface area contributed by atoms with E-state index in [0.29, 0.717) is 45.4 Å². The Balaban J connectivity index is 1.61. The summed E-state index contributed by atoms with van der Waals surface area (Å²) in [6, 6.07) is 9.05. The van der Waals surface area contributed by atoms with Crippen LogP contribution in [0.3, 0.4) is 0 Å². The zero-order valence-electron chi connectivity index (χ0n) is 17.5. The van der Waals surface area contributed by atoms with Gasteiger partial charge in [-0.05, 0) is 37.6 Å². The van der Waals surface area contributed by atoms with Crippen molar-refractivity contribution in [2.24, 2.45) is 5.92 Å². The van der Waals surface area contributed by atoms with E-state index in [1.807, 2.05) is 19.1 Å². The van der Waals surface area contributed by atoms with Crippen LogP contribution in [0.25, 0.3) is 0 Å². The van der Waals surface area contributed by atoms with Gasteiger partial charge in [0.15, 0.2) is 0 Å². The molecule has 1 fully saturated rings. The predicted molar refractivity (Wildman–Crippen MR) is 125 cm³/mol. The second kappa shape index (κ2) is 9.61. The molecule has 1 aliphatic rings. The van der Waals surface area contributed by atoms with Crippen LogP contribution in [0.5, 0.6) is 5.88 Å². The predicted octanol–water partition coefficient (Wildman–Crippen LogP) is 5.46. The molecule has 0 N–H and O–H groups in total. The van der Waals surface area contributed by atoms with Gasteiger partial charge in [0.05, 0.1) is 20.6 Å². The highest BCUT2D eigenvalue weighted by Crippen LogP contribution is 2.38. The SMILES string of the molecule is Cc1ncc(C(=O)N2C[C@H]([C@H](C)Oc3ccc(Cl)cn3)[C@H](c3ccc(Cl)c(Cl)c3)C2)cn1. The number of nitrogens with zero attached hydrogens (tertiary/aromatic N) is 4. The largest absolute Gasteiger partial charge is 0.474 e. The van der Waals surface area contributed by atoms with Crippen molar-refractivity contribution in [3.8, 4) is 5.88 Å². The minimum absolute atomic E-state index is 0.0000342. The first-order chi connectivity index (χ1) is 15.3. The molecule has 0 spiro atoms. The maximum atomic E-state index is 13.2. The number of amides is 1. The van der Waals surface area contributed by atoms with Gasteiger partial charge in [0.2, 0.25) is 5.88 Å². The topological polar surface area (TPSA) is 68.2 Å². The number of aromatic nitrogens is 3. The molecular weight excluding hydrogens is 471 g/mol. The quantitative estimate of drug-likeness (QED) is 0.474. The van der Waals surface area contributed by atoms with Crippen LogP contribution in [-0.2, 0) is 0 Å². The van der Waals surface area contributed by atoms with E-state index in [4.69, 9.17) is 39.5 Å². The lowest BCUT2D eigenvalue weighted by molar-refractivity contribution is 0.0769. The molecule has 6 nitrogen and oxygen atoms in total. The summed E-state index contributed by atoms with van der Waals surface area (Å²) in [4.78, 5) is 27.5. The Bertz CT molecular complexity index is 1110. The van der Waals surface area contributed by atoms with E-state index >= 15 is 0 Å². The van der Waals surface area contributed by atoms with Gasteiger partial charge >= 0.3 is 0 Å². The number of benzene rings is 1. The van der Waals surface area contributed by atoms with Crippen molar-refractivity contribution in [3.63, 3.8) is 0 Å². The number of carbonyl (C=O) groups excluding carboxylic acids is 1. The van der Waals surface area contributed by atoms with Crippen molar-refractivity contribution in [1.29, 1.82) is 0 Å². The van der Waals surface area contributed by atoms with Crippen molar-refractivity contribution in [1.82, 2.24) is 19.9 Å². The highest BCUT2D eigenvalue weighted by atomic mass is 35.5. The molecule has 1 aliphatic heterocycles. The number of halogens is 3. The second-order valence-electron chi connectivity index (χ2n) is 7.81. The van der Waals surface area contributed by atoms with Crippen molar-refractivity contribution >= 4 is 40.7 Å². The van der Waals surface area contributed by atoms with Gasteiger partial charge in [-0.25, -0.2) is 15.0 Å². The minimum Gasteiger partial charge on any atom is -0.474 e. The molecule has 1 saturated heterocycles. The van der Waals surface area contributed by atoms with Crippen LogP contribution in [-0.4, -0.2) is 45.0 Å². The van der Waals surface area contributed by atoms with Crippen LogP contribution < -0.4 is 4.74 Å². The van der Waals surface area contributed by atoms with Crippen molar-refractivity contribution in [3.05, 3.63) is 80.9 Å². The Hall–Kier alpha value is -2.41. The van der Waals surface area contributed by atoms with E-state index in [-0.39, 0.29) is 23.8 Å². The molecule has 0 unspecified atom stereocenters. The molecule has 2 aromatic heterocycles. The zero-order valence-corrected chi connectivity index (χ0v) is 19.8. The molecule has 1 amide bonds. The average molecular weight is 492 g/mol. The molecule has 0 bridgehead atoms. The first-order valence-electron chi connectivity index (χ1n) is 10.1. The maximum absolute atomic E-state index is 13.2. The van der Waals surface area contributed by atoms with E-state index < -0.39 is 0 Å². The standard InChI is InChI=1S/C23H21Cl3N4O2/c1-13(32-22-6-4-17(24)10-29-22)18-11-30(23(31)16-8-27-14(2)28-9-16)12-19(18)15-3-5-20(25)21(26)7-15/h3-10,13,18-19H,11-12H2,1-2H3/t13-,18+,19-/m0/s1. The Kier molecular flexibility index (Phi) is 6.84. The lowest BCUT2D eigenvalue weighted by Gasteiger charge is -2.25. The van der Waals surface area contributed by atoms with Gasteiger partial charge in [-0.1, -0.05) is 40.9 Å². The molecule has 9 heteroatoms. The molecular formula is C23H21Cl3N4O2. The van der Waals surface area contributed by atoms with Crippen LogP contribution in [0.1, 0.15) is 34.6 Å². The van der Waals surface area contributed by atoms with E-state index in [1.165, 1.54) is 0 Å². The van der Waals surface area contributed by atoms with Crippen LogP contribution in [0, 0.1) is 12.8 Å². The molecule has 3 aromatic rings. The molecule has 0 aliphatic carbocycles. The molecule has 3 heterocycles. The third-order valence-corrected chi connectivity index (χ3v) is 6.62. The fraction of sp³-hybridized carbons (Fsp3) is 0.304. The number of likely N-dealkylation sites (tertiary alicyclic amines) is 1. The van der Waals surface area contributed by atoms with Gasteiger partial charge in [0, 0.05) is 49.6 Å².